The van der Waals surface area contributed by atoms with Gasteiger partial charge in [0.25, 0.3) is 5.56 Å². The second kappa shape index (κ2) is 6.86. The van der Waals surface area contributed by atoms with Crippen molar-refractivity contribution in [3.63, 3.8) is 0 Å². The summed E-state index contributed by atoms with van der Waals surface area (Å²) in [4.78, 5) is 31.9. The van der Waals surface area contributed by atoms with Crippen LogP contribution in [0.4, 0.5) is 5.69 Å². The summed E-state index contributed by atoms with van der Waals surface area (Å²) in [6.07, 6.45) is 0. The molecule has 3 aromatic rings. The smallest absolute Gasteiger partial charge is 0.260 e. The van der Waals surface area contributed by atoms with Gasteiger partial charge in [-0.15, -0.1) is 11.3 Å². The lowest BCUT2D eigenvalue weighted by molar-refractivity contribution is -0.115. The fraction of sp³-hybridized carbons (Fsp3) is 0.125. The minimum Gasteiger partial charge on any atom is -0.325 e. The molecule has 0 radical (unpaired) electrons. The lowest BCUT2D eigenvalue weighted by atomic mass is 10.2. The number of hydrogen-bond donors (Lipinski definition) is 2. The molecule has 0 unspecified atom stereocenters. The van der Waals surface area contributed by atoms with Gasteiger partial charge in [0.1, 0.15) is 4.83 Å². The number of fused-ring (bicyclic) bond motifs is 1. The first-order valence-corrected chi connectivity index (χ1v) is 8.78. The van der Waals surface area contributed by atoms with Crippen LogP contribution in [-0.4, -0.2) is 21.1 Å². The number of anilines is 1. The minimum atomic E-state index is -0.462. The Morgan fingerprint density at radius 2 is 2.29 bits per heavy atom. The third-order valence-corrected chi connectivity index (χ3v) is 5.02. The average Bonchev–Trinajstić information content (AvgIpc) is 3.04. The van der Waals surface area contributed by atoms with Crippen molar-refractivity contribution in [2.24, 2.45) is 0 Å². The van der Waals surface area contributed by atoms with E-state index in [1.54, 1.807) is 42.6 Å². The summed E-state index contributed by atoms with van der Waals surface area (Å²) in [5.41, 5.74) is 0.821. The highest BCUT2D eigenvalue weighted by Crippen LogP contribution is 2.23. The number of carbonyl (C=O) groups excluding carboxylic acids is 1. The standard InChI is InChI=1S/C16H12N4O2S2/c1-9(13(21)18-11-4-2-3-10(7-11)8-17)24-16-19-14(22)12-5-6-23-15(12)20-16/h2-7,9H,1H3,(H,18,21)(H,19,20,22)/t9-/m1/s1. The van der Waals surface area contributed by atoms with Crippen molar-refractivity contribution >= 4 is 44.9 Å². The highest BCUT2D eigenvalue weighted by Gasteiger charge is 2.17. The molecule has 0 aliphatic heterocycles. The lowest BCUT2D eigenvalue weighted by Gasteiger charge is -2.11. The number of nitriles is 1. The number of nitrogens with zero attached hydrogens (tertiary/aromatic N) is 2. The predicted molar refractivity (Wildman–Crippen MR) is 95.3 cm³/mol. The van der Waals surface area contributed by atoms with Crippen molar-refractivity contribution in [2.75, 3.05) is 5.32 Å². The topological polar surface area (TPSA) is 98.6 Å². The third-order valence-electron chi connectivity index (χ3n) is 3.23. The van der Waals surface area contributed by atoms with E-state index in [-0.39, 0.29) is 11.5 Å². The van der Waals surface area contributed by atoms with E-state index in [1.165, 1.54) is 23.1 Å². The van der Waals surface area contributed by atoms with E-state index in [0.29, 0.717) is 26.6 Å². The molecule has 1 aromatic carbocycles. The molecule has 1 amide bonds. The van der Waals surface area contributed by atoms with Crippen molar-refractivity contribution in [2.45, 2.75) is 17.3 Å². The molecule has 0 fully saturated rings. The van der Waals surface area contributed by atoms with E-state index in [4.69, 9.17) is 5.26 Å². The maximum absolute atomic E-state index is 12.3. The molecule has 0 bridgehead atoms. The maximum Gasteiger partial charge on any atom is 0.260 e. The average molecular weight is 356 g/mol. The summed E-state index contributed by atoms with van der Waals surface area (Å²) in [6, 6.07) is 10.4. The van der Waals surface area contributed by atoms with E-state index < -0.39 is 5.25 Å². The zero-order valence-electron chi connectivity index (χ0n) is 12.6. The molecule has 0 spiro atoms. The van der Waals surface area contributed by atoms with Crippen molar-refractivity contribution in [3.05, 3.63) is 51.6 Å². The third kappa shape index (κ3) is 3.48. The van der Waals surface area contributed by atoms with Gasteiger partial charge in [-0.3, -0.25) is 9.59 Å². The van der Waals surface area contributed by atoms with Crippen LogP contribution < -0.4 is 10.9 Å². The fourth-order valence-electron chi connectivity index (χ4n) is 2.03. The maximum atomic E-state index is 12.3. The largest absolute Gasteiger partial charge is 0.325 e. The number of hydrogen-bond acceptors (Lipinski definition) is 6. The van der Waals surface area contributed by atoms with Crippen LogP contribution in [0, 0.1) is 11.3 Å². The highest BCUT2D eigenvalue weighted by molar-refractivity contribution is 8.00. The summed E-state index contributed by atoms with van der Waals surface area (Å²) in [7, 11) is 0. The Balaban J connectivity index is 1.73. The van der Waals surface area contributed by atoms with Crippen LogP contribution in [-0.2, 0) is 4.79 Å². The van der Waals surface area contributed by atoms with Crippen molar-refractivity contribution in [1.29, 1.82) is 5.26 Å². The van der Waals surface area contributed by atoms with Gasteiger partial charge in [-0.2, -0.15) is 5.26 Å². The molecule has 8 heteroatoms. The first-order chi connectivity index (χ1) is 11.6. The predicted octanol–water partition coefficient (Wildman–Crippen LogP) is 2.98. The number of H-pyrrole nitrogens is 1. The number of nitrogens with one attached hydrogen (secondary N) is 2. The summed E-state index contributed by atoms with van der Waals surface area (Å²) in [6.45, 7) is 1.73. The Bertz CT molecular complexity index is 1000. The van der Waals surface area contributed by atoms with Gasteiger partial charge in [0, 0.05) is 5.69 Å². The van der Waals surface area contributed by atoms with Crippen LogP contribution in [0.5, 0.6) is 0 Å². The number of thioether (sulfide) groups is 1. The molecule has 2 heterocycles. The van der Waals surface area contributed by atoms with Gasteiger partial charge >= 0.3 is 0 Å². The summed E-state index contributed by atoms with van der Waals surface area (Å²) < 4.78 is 0. The Morgan fingerprint density at radius 1 is 1.46 bits per heavy atom. The van der Waals surface area contributed by atoms with Gasteiger partial charge in [0.05, 0.1) is 22.3 Å². The van der Waals surface area contributed by atoms with Crippen LogP contribution >= 0.6 is 23.1 Å². The number of aromatic nitrogens is 2. The Labute approximate surface area is 145 Å². The number of amides is 1. The zero-order valence-corrected chi connectivity index (χ0v) is 14.2. The molecule has 1 atom stereocenters. The van der Waals surface area contributed by atoms with Gasteiger partial charge in [0.2, 0.25) is 5.91 Å². The van der Waals surface area contributed by atoms with Crippen LogP contribution in [0.3, 0.4) is 0 Å². The van der Waals surface area contributed by atoms with E-state index >= 15 is 0 Å². The Kier molecular flexibility index (Phi) is 4.64. The molecule has 24 heavy (non-hydrogen) atoms. The molecule has 0 aliphatic carbocycles. The minimum absolute atomic E-state index is 0.210. The molecular weight excluding hydrogens is 344 g/mol. The molecule has 0 saturated heterocycles. The Hall–Kier alpha value is -2.63. The van der Waals surface area contributed by atoms with Crippen molar-refractivity contribution in [1.82, 2.24) is 9.97 Å². The number of carbonyl (C=O) groups is 1. The molecule has 6 nitrogen and oxygen atoms in total. The quantitative estimate of drug-likeness (QED) is 0.553. The van der Waals surface area contributed by atoms with E-state index in [2.05, 4.69) is 15.3 Å². The van der Waals surface area contributed by atoms with E-state index in [9.17, 15) is 9.59 Å². The molecule has 2 aromatic heterocycles. The molecule has 2 N–H and O–H groups in total. The zero-order chi connectivity index (χ0) is 17.1. The van der Waals surface area contributed by atoms with Gasteiger partial charge in [0.15, 0.2) is 5.16 Å². The van der Waals surface area contributed by atoms with Gasteiger partial charge < -0.3 is 10.3 Å². The lowest BCUT2D eigenvalue weighted by Crippen LogP contribution is -2.23. The molecule has 3 rings (SSSR count). The molecule has 0 aliphatic rings. The van der Waals surface area contributed by atoms with Crippen LogP contribution in [0.1, 0.15) is 12.5 Å². The fourth-order valence-corrected chi connectivity index (χ4v) is 3.65. The summed E-state index contributed by atoms with van der Waals surface area (Å²) in [5.74, 6) is -0.232. The van der Waals surface area contributed by atoms with E-state index in [1.807, 2.05) is 6.07 Å². The number of thiophene rings is 1. The molecular formula is C16H12N4O2S2. The number of aromatic amines is 1. The number of rotatable bonds is 4. The highest BCUT2D eigenvalue weighted by atomic mass is 32.2. The first kappa shape index (κ1) is 16.2. The van der Waals surface area contributed by atoms with Gasteiger partial charge in [-0.1, -0.05) is 17.8 Å². The van der Waals surface area contributed by atoms with Crippen LogP contribution in [0.25, 0.3) is 10.2 Å². The normalized spacial score (nSPS) is 11.8. The van der Waals surface area contributed by atoms with Gasteiger partial charge in [-0.05, 0) is 36.6 Å². The van der Waals surface area contributed by atoms with Crippen LogP contribution in [0.15, 0.2) is 45.7 Å². The summed E-state index contributed by atoms with van der Waals surface area (Å²) in [5, 5.41) is 13.9. The second-order valence-electron chi connectivity index (χ2n) is 4.95. The molecule has 120 valence electrons. The van der Waals surface area contributed by atoms with Crippen molar-refractivity contribution in [3.8, 4) is 6.07 Å². The monoisotopic (exact) mass is 356 g/mol. The van der Waals surface area contributed by atoms with Gasteiger partial charge in [-0.25, -0.2) is 4.98 Å². The van der Waals surface area contributed by atoms with Crippen LogP contribution in [0.2, 0.25) is 0 Å². The molecule has 0 saturated carbocycles. The Morgan fingerprint density at radius 3 is 3.08 bits per heavy atom. The van der Waals surface area contributed by atoms with E-state index in [0.717, 1.165) is 0 Å². The second-order valence-corrected chi connectivity index (χ2v) is 7.18. The summed E-state index contributed by atoms with van der Waals surface area (Å²) >= 11 is 2.56. The SMILES string of the molecule is C[C@@H](Sc1nc2sccc2c(=O)[nH]1)C(=O)Nc1cccc(C#N)c1. The number of benzene rings is 1. The van der Waals surface area contributed by atoms with Crippen molar-refractivity contribution < 1.29 is 4.79 Å². The first-order valence-electron chi connectivity index (χ1n) is 7.02.